The van der Waals surface area contributed by atoms with Gasteiger partial charge in [-0.25, -0.2) is 9.97 Å². The molecule has 1 aliphatic rings. The van der Waals surface area contributed by atoms with E-state index in [-0.39, 0.29) is 11.8 Å². The maximum atomic E-state index is 11.4. The van der Waals surface area contributed by atoms with Gasteiger partial charge in [-0.3, -0.25) is 9.78 Å². The van der Waals surface area contributed by atoms with Crippen LogP contribution in [0.2, 0.25) is 0 Å². The third kappa shape index (κ3) is 2.99. The van der Waals surface area contributed by atoms with Crippen molar-refractivity contribution in [1.82, 2.24) is 15.0 Å². The van der Waals surface area contributed by atoms with Gasteiger partial charge in [0.2, 0.25) is 11.9 Å². The molecule has 2 N–H and O–H groups in total. The van der Waals surface area contributed by atoms with Crippen LogP contribution in [0, 0.1) is 5.92 Å². The van der Waals surface area contributed by atoms with Crippen LogP contribution >= 0.6 is 0 Å². The van der Waals surface area contributed by atoms with Gasteiger partial charge in [0.15, 0.2) is 0 Å². The van der Waals surface area contributed by atoms with Crippen molar-refractivity contribution in [3.63, 3.8) is 0 Å². The van der Waals surface area contributed by atoms with E-state index in [0.29, 0.717) is 12.5 Å². The number of anilines is 1. The Morgan fingerprint density at radius 1 is 1.24 bits per heavy atom. The lowest BCUT2D eigenvalue weighted by atomic mass is 9.98. The molecular formula is C15H17N5O. The summed E-state index contributed by atoms with van der Waals surface area (Å²) in [6, 6.07) is 5.69. The van der Waals surface area contributed by atoms with E-state index in [1.807, 2.05) is 23.1 Å². The Balaban J connectivity index is 1.84. The molecule has 108 valence electrons. The number of rotatable bonds is 3. The highest BCUT2D eigenvalue weighted by Gasteiger charge is 2.25. The Bertz CT molecular complexity index is 631. The van der Waals surface area contributed by atoms with Crippen LogP contribution in [0.25, 0.3) is 11.3 Å². The predicted octanol–water partition coefficient (Wildman–Crippen LogP) is 1.24. The summed E-state index contributed by atoms with van der Waals surface area (Å²) in [6.07, 6.45) is 6.99. The number of nitrogens with two attached hydrogens (primary N) is 1. The average molecular weight is 283 g/mol. The van der Waals surface area contributed by atoms with Crippen LogP contribution in [0.4, 0.5) is 5.95 Å². The fraction of sp³-hybridized carbons (Fsp3) is 0.333. The minimum atomic E-state index is -0.245. The van der Waals surface area contributed by atoms with E-state index < -0.39 is 0 Å². The van der Waals surface area contributed by atoms with Gasteiger partial charge in [0.25, 0.3) is 0 Å². The molecule has 2 aromatic rings. The van der Waals surface area contributed by atoms with Gasteiger partial charge in [-0.15, -0.1) is 0 Å². The number of piperidine rings is 1. The molecule has 1 aliphatic heterocycles. The lowest BCUT2D eigenvalue weighted by molar-refractivity contribution is -0.122. The number of nitrogens with zero attached hydrogens (tertiary/aromatic N) is 4. The monoisotopic (exact) mass is 283 g/mol. The van der Waals surface area contributed by atoms with Gasteiger partial charge in [0, 0.05) is 37.2 Å². The van der Waals surface area contributed by atoms with Gasteiger partial charge in [-0.2, -0.15) is 0 Å². The van der Waals surface area contributed by atoms with Crippen molar-refractivity contribution in [2.75, 3.05) is 18.0 Å². The van der Waals surface area contributed by atoms with Gasteiger partial charge < -0.3 is 10.6 Å². The zero-order valence-electron chi connectivity index (χ0n) is 11.6. The molecule has 3 heterocycles. The highest BCUT2D eigenvalue weighted by Crippen LogP contribution is 2.22. The standard InChI is InChI=1S/C15H17N5O/c16-14(21)12-2-1-9-20(10-12)15-18-8-5-13(19-15)11-3-6-17-7-4-11/h3-8,12H,1-2,9-10H2,(H2,16,21). The number of hydrogen-bond donors (Lipinski definition) is 1. The van der Waals surface area contributed by atoms with Crippen molar-refractivity contribution in [2.24, 2.45) is 11.7 Å². The number of carbonyl (C=O) groups excluding carboxylic acids is 1. The maximum Gasteiger partial charge on any atom is 0.225 e. The van der Waals surface area contributed by atoms with Gasteiger partial charge in [-0.05, 0) is 31.0 Å². The summed E-state index contributed by atoms with van der Waals surface area (Å²) in [5.74, 6) is 0.284. The van der Waals surface area contributed by atoms with Crippen LogP contribution < -0.4 is 10.6 Å². The van der Waals surface area contributed by atoms with Crippen LogP contribution in [-0.2, 0) is 4.79 Å². The first-order valence-corrected chi connectivity index (χ1v) is 7.02. The Hall–Kier alpha value is -2.50. The third-order valence-electron chi connectivity index (χ3n) is 3.73. The zero-order valence-corrected chi connectivity index (χ0v) is 11.6. The Morgan fingerprint density at radius 3 is 2.81 bits per heavy atom. The van der Waals surface area contributed by atoms with Crippen LogP contribution in [0.5, 0.6) is 0 Å². The number of pyridine rings is 1. The van der Waals surface area contributed by atoms with Gasteiger partial charge in [-0.1, -0.05) is 0 Å². The molecule has 1 saturated heterocycles. The zero-order chi connectivity index (χ0) is 14.7. The second-order valence-corrected chi connectivity index (χ2v) is 5.17. The number of carbonyl (C=O) groups is 1. The van der Waals surface area contributed by atoms with E-state index in [9.17, 15) is 4.79 Å². The fourth-order valence-corrected chi connectivity index (χ4v) is 2.58. The molecular weight excluding hydrogens is 266 g/mol. The van der Waals surface area contributed by atoms with E-state index >= 15 is 0 Å². The molecule has 0 bridgehead atoms. The second-order valence-electron chi connectivity index (χ2n) is 5.17. The molecule has 0 radical (unpaired) electrons. The maximum absolute atomic E-state index is 11.4. The Morgan fingerprint density at radius 2 is 2.05 bits per heavy atom. The first-order chi connectivity index (χ1) is 10.2. The summed E-state index contributed by atoms with van der Waals surface area (Å²) in [5.41, 5.74) is 7.26. The summed E-state index contributed by atoms with van der Waals surface area (Å²) in [7, 11) is 0. The van der Waals surface area contributed by atoms with Crippen LogP contribution in [-0.4, -0.2) is 33.9 Å². The van der Waals surface area contributed by atoms with E-state index in [1.54, 1.807) is 18.6 Å². The van der Waals surface area contributed by atoms with Crippen molar-refractivity contribution in [1.29, 1.82) is 0 Å². The quantitative estimate of drug-likeness (QED) is 0.916. The number of aromatic nitrogens is 3. The predicted molar refractivity (Wildman–Crippen MR) is 79.4 cm³/mol. The highest BCUT2D eigenvalue weighted by molar-refractivity contribution is 5.77. The molecule has 1 amide bonds. The Labute approximate surface area is 123 Å². The largest absolute Gasteiger partial charge is 0.369 e. The van der Waals surface area contributed by atoms with E-state index in [0.717, 1.165) is 30.6 Å². The molecule has 1 fully saturated rings. The number of hydrogen-bond acceptors (Lipinski definition) is 5. The van der Waals surface area contributed by atoms with Crippen LogP contribution in [0.3, 0.4) is 0 Å². The van der Waals surface area contributed by atoms with E-state index in [1.165, 1.54) is 0 Å². The molecule has 6 heteroatoms. The third-order valence-corrected chi connectivity index (χ3v) is 3.73. The fourth-order valence-electron chi connectivity index (χ4n) is 2.58. The smallest absolute Gasteiger partial charge is 0.225 e. The SMILES string of the molecule is NC(=O)C1CCCN(c2nccc(-c3ccncc3)n2)C1. The lowest BCUT2D eigenvalue weighted by Gasteiger charge is -2.31. The highest BCUT2D eigenvalue weighted by atomic mass is 16.1. The normalized spacial score (nSPS) is 18.5. The Kier molecular flexibility index (Phi) is 3.77. The van der Waals surface area contributed by atoms with Crippen molar-refractivity contribution < 1.29 is 4.79 Å². The molecule has 0 aliphatic carbocycles. The lowest BCUT2D eigenvalue weighted by Crippen LogP contribution is -2.41. The topological polar surface area (TPSA) is 85.0 Å². The van der Waals surface area contributed by atoms with Crippen molar-refractivity contribution >= 4 is 11.9 Å². The van der Waals surface area contributed by atoms with Crippen molar-refractivity contribution in [3.05, 3.63) is 36.8 Å². The summed E-state index contributed by atoms with van der Waals surface area (Å²) >= 11 is 0. The summed E-state index contributed by atoms with van der Waals surface area (Å²) < 4.78 is 0. The molecule has 21 heavy (non-hydrogen) atoms. The first-order valence-electron chi connectivity index (χ1n) is 7.02. The van der Waals surface area contributed by atoms with E-state index in [2.05, 4.69) is 15.0 Å². The number of primary amides is 1. The van der Waals surface area contributed by atoms with Crippen molar-refractivity contribution in [3.8, 4) is 11.3 Å². The van der Waals surface area contributed by atoms with Crippen molar-refractivity contribution in [2.45, 2.75) is 12.8 Å². The molecule has 0 aromatic carbocycles. The molecule has 0 saturated carbocycles. The molecule has 1 atom stereocenters. The molecule has 3 rings (SSSR count). The van der Waals surface area contributed by atoms with E-state index in [4.69, 9.17) is 5.73 Å². The molecule has 0 spiro atoms. The second kappa shape index (κ2) is 5.87. The van der Waals surface area contributed by atoms with Crippen LogP contribution in [0.15, 0.2) is 36.8 Å². The minimum absolute atomic E-state index is 0.119. The van der Waals surface area contributed by atoms with Gasteiger partial charge >= 0.3 is 0 Å². The number of amides is 1. The molecule has 6 nitrogen and oxygen atoms in total. The molecule has 1 unspecified atom stereocenters. The summed E-state index contributed by atoms with van der Waals surface area (Å²) in [6.45, 7) is 1.44. The first kappa shape index (κ1) is 13.5. The summed E-state index contributed by atoms with van der Waals surface area (Å²) in [5, 5.41) is 0. The van der Waals surface area contributed by atoms with Gasteiger partial charge in [0.05, 0.1) is 11.6 Å². The van der Waals surface area contributed by atoms with Crippen LogP contribution in [0.1, 0.15) is 12.8 Å². The minimum Gasteiger partial charge on any atom is -0.369 e. The van der Waals surface area contributed by atoms with Gasteiger partial charge in [0.1, 0.15) is 0 Å². The summed E-state index contributed by atoms with van der Waals surface area (Å²) in [4.78, 5) is 26.3. The molecule has 2 aromatic heterocycles. The average Bonchev–Trinajstić information content (AvgIpc) is 2.56.